The Kier molecular flexibility index (Phi) is 9.82. The van der Waals surface area contributed by atoms with E-state index in [1.54, 1.807) is 9.80 Å². The number of piperidine rings is 2. The zero-order chi connectivity index (χ0) is 25.7. The van der Waals surface area contributed by atoms with Gasteiger partial charge in [-0.3, -0.25) is 19.4 Å². The first-order valence-electron chi connectivity index (χ1n) is 13.0. The molecule has 36 heavy (non-hydrogen) atoms. The van der Waals surface area contributed by atoms with Gasteiger partial charge in [0.15, 0.2) is 0 Å². The summed E-state index contributed by atoms with van der Waals surface area (Å²) in [6.07, 6.45) is 6.05. The average Bonchev–Trinajstić information content (AvgIpc) is 3.83. The highest BCUT2D eigenvalue weighted by atomic mass is 32.2. The van der Waals surface area contributed by atoms with Crippen LogP contribution in [0.3, 0.4) is 0 Å². The van der Waals surface area contributed by atoms with Gasteiger partial charge < -0.3 is 18.6 Å². The molecule has 4 aliphatic rings. The van der Waals surface area contributed by atoms with Crippen LogP contribution in [-0.2, 0) is 41.4 Å². The normalized spacial score (nSPS) is 23.2. The standard InChI is InChI=1S/C24H36N2O8S2/c27-21(19-5-9-25(10-6-19)23(29)35(31)15-17-1-2-17)33-13-14-34-22(28)20-7-11-26(12-8-20)24(30)36(32)16-18-3-4-18/h17-20H,1-16H2. The SMILES string of the molecule is O=C(OCCOC(=O)C1CCN(C(=O)[S+]([O-])CC2CC2)CC1)C1CCN(C(=O)[S+]([O-])CC2CC2)CC1. The van der Waals surface area contributed by atoms with E-state index in [0.29, 0.717) is 75.2 Å². The molecule has 2 atom stereocenters. The molecule has 2 amide bonds. The minimum Gasteiger partial charge on any atom is -0.608 e. The maximum Gasteiger partial charge on any atom is 0.429 e. The molecule has 2 unspecified atom stereocenters. The van der Waals surface area contributed by atoms with E-state index in [0.717, 1.165) is 25.7 Å². The van der Waals surface area contributed by atoms with E-state index in [1.165, 1.54) is 0 Å². The highest BCUT2D eigenvalue weighted by Gasteiger charge is 2.38. The fraction of sp³-hybridized carbons (Fsp3) is 0.833. The van der Waals surface area contributed by atoms with Gasteiger partial charge >= 0.3 is 22.4 Å². The van der Waals surface area contributed by atoms with Crippen LogP contribution in [0, 0.1) is 23.7 Å². The van der Waals surface area contributed by atoms with Gasteiger partial charge in [0.25, 0.3) is 0 Å². The summed E-state index contributed by atoms with van der Waals surface area (Å²) in [7, 11) is 0. The van der Waals surface area contributed by atoms with Gasteiger partial charge in [-0.15, -0.1) is 0 Å². The van der Waals surface area contributed by atoms with Crippen LogP contribution in [0.15, 0.2) is 0 Å². The molecule has 0 bridgehead atoms. The van der Waals surface area contributed by atoms with Crippen molar-refractivity contribution < 1.29 is 37.8 Å². The van der Waals surface area contributed by atoms with E-state index in [4.69, 9.17) is 9.47 Å². The molecule has 2 saturated carbocycles. The first kappa shape index (κ1) is 27.5. The minimum absolute atomic E-state index is 0.0351. The zero-order valence-electron chi connectivity index (χ0n) is 20.6. The van der Waals surface area contributed by atoms with Crippen molar-refractivity contribution in [2.75, 3.05) is 50.9 Å². The molecule has 2 heterocycles. The van der Waals surface area contributed by atoms with Crippen molar-refractivity contribution in [1.29, 1.82) is 0 Å². The van der Waals surface area contributed by atoms with Gasteiger partial charge in [0.2, 0.25) is 0 Å². The third-order valence-electron chi connectivity index (χ3n) is 7.30. The Morgan fingerprint density at radius 2 is 0.944 bits per heavy atom. The molecule has 0 N–H and O–H groups in total. The van der Waals surface area contributed by atoms with Crippen LogP contribution < -0.4 is 0 Å². The smallest absolute Gasteiger partial charge is 0.429 e. The minimum atomic E-state index is -1.48. The molecule has 12 heteroatoms. The van der Waals surface area contributed by atoms with Gasteiger partial charge in [0.05, 0.1) is 11.8 Å². The molecule has 0 spiro atoms. The summed E-state index contributed by atoms with van der Waals surface area (Å²) in [4.78, 5) is 52.4. The molecule has 2 saturated heterocycles. The molecule has 0 aromatic rings. The summed E-state index contributed by atoms with van der Waals surface area (Å²) >= 11 is -2.96. The Morgan fingerprint density at radius 3 is 1.25 bits per heavy atom. The number of nitrogens with zero attached hydrogens (tertiary/aromatic N) is 2. The van der Waals surface area contributed by atoms with Crippen molar-refractivity contribution in [2.45, 2.75) is 51.4 Å². The molecule has 202 valence electrons. The first-order chi connectivity index (χ1) is 17.3. The van der Waals surface area contributed by atoms with Crippen molar-refractivity contribution in [2.24, 2.45) is 23.7 Å². The number of ether oxygens (including phenoxy) is 2. The largest absolute Gasteiger partial charge is 0.608 e. The van der Waals surface area contributed by atoms with Crippen molar-refractivity contribution in [3.8, 4) is 0 Å². The summed E-state index contributed by atoms with van der Waals surface area (Å²) < 4.78 is 34.8. The number of hydrogen-bond acceptors (Lipinski definition) is 8. The first-order valence-corrected chi connectivity index (χ1v) is 15.6. The van der Waals surface area contributed by atoms with E-state index in [2.05, 4.69) is 0 Å². The molecule has 4 rings (SSSR count). The molecule has 0 aromatic heterocycles. The number of hydrogen-bond donors (Lipinski definition) is 0. The van der Waals surface area contributed by atoms with Crippen LogP contribution in [0.25, 0.3) is 0 Å². The molecular weight excluding hydrogens is 508 g/mol. The highest BCUT2D eigenvalue weighted by Crippen LogP contribution is 2.32. The quantitative estimate of drug-likeness (QED) is 0.244. The number of likely N-dealkylation sites (tertiary alicyclic amines) is 2. The lowest BCUT2D eigenvalue weighted by atomic mass is 9.97. The van der Waals surface area contributed by atoms with Crippen LogP contribution in [0.2, 0.25) is 0 Å². The van der Waals surface area contributed by atoms with Crippen molar-refractivity contribution in [3.05, 3.63) is 0 Å². The van der Waals surface area contributed by atoms with Crippen molar-refractivity contribution >= 4 is 44.8 Å². The van der Waals surface area contributed by atoms with Crippen LogP contribution >= 0.6 is 0 Å². The molecule has 2 aliphatic heterocycles. The van der Waals surface area contributed by atoms with Crippen molar-refractivity contribution in [3.63, 3.8) is 0 Å². The molecule has 10 nitrogen and oxygen atoms in total. The summed E-state index contributed by atoms with van der Waals surface area (Å²) in [6.45, 7) is 1.48. The molecule has 0 radical (unpaired) electrons. The van der Waals surface area contributed by atoms with Gasteiger partial charge in [-0.25, -0.2) is 9.59 Å². The third-order valence-corrected chi connectivity index (χ3v) is 10.1. The zero-order valence-corrected chi connectivity index (χ0v) is 22.2. The second kappa shape index (κ2) is 12.8. The second-order valence-corrected chi connectivity index (χ2v) is 13.0. The van der Waals surface area contributed by atoms with Crippen LogP contribution in [0.4, 0.5) is 9.59 Å². The van der Waals surface area contributed by atoms with E-state index < -0.39 is 22.4 Å². The molecule has 0 aromatic carbocycles. The van der Waals surface area contributed by atoms with Gasteiger partial charge in [-0.1, -0.05) is 0 Å². The Bertz CT molecular complexity index is 740. The summed E-state index contributed by atoms with van der Waals surface area (Å²) in [5.41, 5.74) is 0. The lowest BCUT2D eigenvalue weighted by Gasteiger charge is -2.30. The molecule has 2 aliphatic carbocycles. The third kappa shape index (κ3) is 8.00. The maximum atomic E-state index is 12.3. The number of esters is 2. The Labute approximate surface area is 218 Å². The van der Waals surface area contributed by atoms with Gasteiger partial charge in [-0.2, -0.15) is 0 Å². The topological polar surface area (TPSA) is 139 Å². The summed E-state index contributed by atoms with van der Waals surface area (Å²) in [5.74, 6) is 0.328. The van der Waals surface area contributed by atoms with Gasteiger partial charge in [-0.05, 0) is 51.4 Å². The predicted molar refractivity (Wildman–Crippen MR) is 133 cm³/mol. The van der Waals surface area contributed by atoms with Crippen LogP contribution in [0.1, 0.15) is 51.4 Å². The molecule has 4 fully saturated rings. The Balaban J connectivity index is 1.06. The van der Waals surface area contributed by atoms with Gasteiger partial charge in [0.1, 0.15) is 24.7 Å². The summed E-state index contributed by atoms with van der Waals surface area (Å²) in [5, 5.41) is -0.662. The second-order valence-electron chi connectivity index (χ2n) is 10.3. The average molecular weight is 545 g/mol. The van der Waals surface area contributed by atoms with E-state index in [9.17, 15) is 28.3 Å². The number of carbonyl (C=O) groups is 4. The van der Waals surface area contributed by atoms with Crippen molar-refractivity contribution in [1.82, 2.24) is 9.80 Å². The van der Waals surface area contributed by atoms with Gasteiger partial charge in [0, 0.05) is 60.4 Å². The van der Waals surface area contributed by atoms with E-state index in [1.807, 2.05) is 0 Å². The number of rotatable bonds is 9. The van der Waals surface area contributed by atoms with Crippen LogP contribution in [0.5, 0.6) is 0 Å². The highest BCUT2D eigenvalue weighted by molar-refractivity contribution is 8.06. The number of amides is 2. The fourth-order valence-electron chi connectivity index (χ4n) is 4.54. The van der Waals surface area contributed by atoms with Crippen LogP contribution in [-0.4, -0.2) is 92.2 Å². The predicted octanol–water partition coefficient (Wildman–Crippen LogP) is 2.05. The molecular formula is C24H36N2O8S2. The lowest BCUT2D eigenvalue weighted by molar-refractivity contribution is -0.158. The Hall–Kier alpha value is -1.50. The Morgan fingerprint density at radius 1 is 0.611 bits per heavy atom. The maximum absolute atomic E-state index is 12.3. The lowest BCUT2D eigenvalue weighted by Crippen LogP contribution is -2.44. The number of carbonyl (C=O) groups excluding carboxylic acids is 4. The summed E-state index contributed by atoms with van der Waals surface area (Å²) in [6, 6.07) is 0. The van der Waals surface area contributed by atoms with E-state index >= 15 is 0 Å². The van der Waals surface area contributed by atoms with E-state index in [-0.39, 0.29) is 47.5 Å². The fourth-order valence-corrected chi connectivity index (χ4v) is 7.29. The monoisotopic (exact) mass is 544 g/mol.